The molecule has 19 heavy (non-hydrogen) atoms. The number of hydrogen-bond donors (Lipinski definition) is 0. The molecule has 1 aliphatic rings. The van der Waals surface area contributed by atoms with E-state index in [0.717, 1.165) is 33.6 Å². The van der Waals surface area contributed by atoms with Gasteiger partial charge in [0, 0.05) is 17.7 Å². The molecule has 1 unspecified atom stereocenters. The van der Waals surface area contributed by atoms with Crippen LogP contribution in [0.5, 0.6) is 5.75 Å². The van der Waals surface area contributed by atoms with Crippen molar-refractivity contribution in [3.05, 3.63) is 45.4 Å². The van der Waals surface area contributed by atoms with Crippen LogP contribution in [0, 0.1) is 19.7 Å². The molecule has 0 fully saturated rings. The maximum absolute atomic E-state index is 13.2. The standard InChI is InChI=1S/C14H14BrFN2O/c1-8-14(15)9(2)18(17-8)7-12-6-10-5-11(16)3-4-13(10)19-12/h3-5,12H,6-7H2,1-2H3. The Morgan fingerprint density at radius 1 is 1.47 bits per heavy atom. The van der Waals surface area contributed by atoms with E-state index in [-0.39, 0.29) is 11.9 Å². The Hall–Kier alpha value is -1.36. The molecule has 1 aromatic heterocycles. The summed E-state index contributed by atoms with van der Waals surface area (Å²) in [6.45, 7) is 4.66. The Morgan fingerprint density at radius 3 is 2.95 bits per heavy atom. The molecule has 0 aliphatic carbocycles. The first kappa shape index (κ1) is 12.7. The van der Waals surface area contributed by atoms with Gasteiger partial charge in [-0.1, -0.05) is 0 Å². The fourth-order valence-electron chi connectivity index (χ4n) is 2.44. The van der Waals surface area contributed by atoms with E-state index in [0.29, 0.717) is 6.54 Å². The molecule has 100 valence electrons. The quantitative estimate of drug-likeness (QED) is 0.846. The molecule has 1 aromatic carbocycles. The van der Waals surface area contributed by atoms with Crippen molar-refractivity contribution in [3.63, 3.8) is 0 Å². The summed E-state index contributed by atoms with van der Waals surface area (Å²) in [5.41, 5.74) is 2.99. The van der Waals surface area contributed by atoms with Crippen LogP contribution in [0.2, 0.25) is 0 Å². The molecule has 5 heteroatoms. The minimum Gasteiger partial charge on any atom is -0.488 e. The van der Waals surface area contributed by atoms with Crippen LogP contribution in [0.25, 0.3) is 0 Å². The summed E-state index contributed by atoms with van der Waals surface area (Å²) >= 11 is 3.51. The van der Waals surface area contributed by atoms with Gasteiger partial charge in [-0.2, -0.15) is 5.10 Å². The molecule has 0 spiro atoms. The maximum Gasteiger partial charge on any atom is 0.123 e. The van der Waals surface area contributed by atoms with Crippen molar-refractivity contribution in [2.45, 2.75) is 32.9 Å². The zero-order valence-corrected chi connectivity index (χ0v) is 12.4. The molecule has 0 N–H and O–H groups in total. The summed E-state index contributed by atoms with van der Waals surface area (Å²) in [4.78, 5) is 0. The van der Waals surface area contributed by atoms with Crippen LogP contribution in [-0.4, -0.2) is 15.9 Å². The van der Waals surface area contributed by atoms with Crippen molar-refractivity contribution in [1.29, 1.82) is 0 Å². The second kappa shape index (κ2) is 4.63. The summed E-state index contributed by atoms with van der Waals surface area (Å²) in [6.07, 6.45) is 0.741. The molecule has 0 saturated carbocycles. The van der Waals surface area contributed by atoms with E-state index in [1.807, 2.05) is 18.5 Å². The summed E-state index contributed by atoms with van der Waals surface area (Å²) < 4.78 is 22.0. The van der Waals surface area contributed by atoms with E-state index >= 15 is 0 Å². The van der Waals surface area contributed by atoms with Gasteiger partial charge in [-0.15, -0.1) is 0 Å². The fourth-order valence-corrected chi connectivity index (χ4v) is 2.72. The van der Waals surface area contributed by atoms with Crippen molar-refractivity contribution >= 4 is 15.9 Å². The van der Waals surface area contributed by atoms with Gasteiger partial charge in [-0.25, -0.2) is 4.39 Å². The molecule has 0 bridgehead atoms. The van der Waals surface area contributed by atoms with Crippen LogP contribution in [0.15, 0.2) is 22.7 Å². The Bertz CT molecular complexity index is 639. The number of nitrogens with zero attached hydrogens (tertiary/aromatic N) is 2. The zero-order chi connectivity index (χ0) is 13.6. The summed E-state index contributed by atoms with van der Waals surface area (Å²) in [7, 11) is 0. The van der Waals surface area contributed by atoms with Crippen LogP contribution in [-0.2, 0) is 13.0 Å². The number of ether oxygens (including phenoxy) is 1. The minimum atomic E-state index is -0.211. The number of halogens is 2. The van der Waals surface area contributed by atoms with Crippen molar-refractivity contribution in [2.24, 2.45) is 0 Å². The van der Waals surface area contributed by atoms with Gasteiger partial charge in [-0.05, 0) is 48.0 Å². The number of hydrogen-bond acceptors (Lipinski definition) is 2. The zero-order valence-electron chi connectivity index (χ0n) is 10.8. The van der Waals surface area contributed by atoms with Gasteiger partial charge in [0.25, 0.3) is 0 Å². The van der Waals surface area contributed by atoms with E-state index in [1.54, 1.807) is 12.1 Å². The van der Waals surface area contributed by atoms with E-state index in [1.165, 1.54) is 6.07 Å². The van der Waals surface area contributed by atoms with Crippen molar-refractivity contribution in [2.75, 3.05) is 0 Å². The third-order valence-corrected chi connectivity index (χ3v) is 4.58. The number of benzene rings is 1. The first-order chi connectivity index (χ1) is 9.04. The van der Waals surface area contributed by atoms with E-state index in [4.69, 9.17) is 4.74 Å². The highest BCUT2D eigenvalue weighted by Crippen LogP contribution is 2.30. The molecule has 2 heterocycles. The lowest BCUT2D eigenvalue weighted by Crippen LogP contribution is -2.22. The van der Waals surface area contributed by atoms with Crippen molar-refractivity contribution in [3.8, 4) is 5.75 Å². The lowest BCUT2D eigenvalue weighted by atomic mass is 10.1. The molecule has 1 aliphatic heterocycles. The van der Waals surface area contributed by atoms with E-state index < -0.39 is 0 Å². The molecule has 0 saturated heterocycles. The largest absolute Gasteiger partial charge is 0.488 e. The third-order valence-electron chi connectivity index (χ3n) is 3.43. The predicted molar refractivity (Wildman–Crippen MR) is 73.9 cm³/mol. The second-order valence-electron chi connectivity index (χ2n) is 4.86. The van der Waals surface area contributed by atoms with Crippen molar-refractivity contribution in [1.82, 2.24) is 9.78 Å². The van der Waals surface area contributed by atoms with Gasteiger partial charge in [0.1, 0.15) is 17.7 Å². The molecule has 1 atom stereocenters. The number of fused-ring (bicyclic) bond motifs is 1. The topological polar surface area (TPSA) is 27.1 Å². The minimum absolute atomic E-state index is 0.0155. The highest BCUT2D eigenvalue weighted by Gasteiger charge is 2.24. The maximum atomic E-state index is 13.2. The summed E-state index contributed by atoms with van der Waals surface area (Å²) in [5.74, 6) is 0.573. The van der Waals surface area contributed by atoms with Crippen LogP contribution in [0.1, 0.15) is 17.0 Å². The van der Waals surface area contributed by atoms with E-state index in [2.05, 4.69) is 21.0 Å². The predicted octanol–water partition coefficient (Wildman–Crippen LogP) is 3.41. The number of aromatic nitrogens is 2. The molecule has 0 radical (unpaired) electrons. The highest BCUT2D eigenvalue weighted by molar-refractivity contribution is 9.10. The SMILES string of the molecule is Cc1nn(CC2Cc3cc(F)ccc3O2)c(C)c1Br. The average molecular weight is 325 g/mol. The Labute approximate surface area is 119 Å². The molecule has 2 aromatic rings. The Balaban J connectivity index is 1.78. The average Bonchev–Trinajstić information content (AvgIpc) is 2.86. The second-order valence-corrected chi connectivity index (χ2v) is 5.66. The Morgan fingerprint density at radius 2 is 2.26 bits per heavy atom. The lowest BCUT2D eigenvalue weighted by Gasteiger charge is -2.12. The van der Waals surface area contributed by atoms with Gasteiger partial charge < -0.3 is 4.74 Å². The van der Waals surface area contributed by atoms with Gasteiger partial charge in [0.15, 0.2) is 0 Å². The molecule has 3 nitrogen and oxygen atoms in total. The lowest BCUT2D eigenvalue weighted by molar-refractivity contribution is 0.202. The summed E-state index contributed by atoms with van der Waals surface area (Å²) in [5, 5.41) is 4.47. The molecule has 0 amide bonds. The highest BCUT2D eigenvalue weighted by atomic mass is 79.9. The molecule has 3 rings (SSSR count). The number of aryl methyl sites for hydroxylation is 1. The van der Waals surface area contributed by atoms with E-state index in [9.17, 15) is 4.39 Å². The van der Waals surface area contributed by atoms with Crippen LogP contribution < -0.4 is 4.74 Å². The van der Waals surface area contributed by atoms with Crippen LogP contribution >= 0.6 is 15.9 Å². The molecular formula is C14H14BrFN2O. The number of rotatable bonds is 2. The van der Waals surface area contributed by atoms with Gasteiger partial charge >= 0.3 is 0 Å². The smallest absolute Gasteiger partial charge is 0.123 e. The summed E-state index contributed by atoms with van der Waals surface area (Å²) in [6, 6.07) is 4.68. The molecular weight excluding hydrogens is 311 g/mol. The Kier molecular flexibility index (Phi) is 3.09. The van der Waals surface area contributed by atoms with Gasteiger partial charge in [-0.3, -0.25) is 4.68 Å². The first-order valence-corrected chi connectivity index (χ1v) is 6.98. The van der Waals surface area contributed by atoms with Gasteiger partial charge in [0.05, 0.1) is 16.7 Å². The van der Waals surface area contributed by atoms with Crippen molar-refractivity contribution < 1.29 is 9.13 Å². The third kappa shape index (κ3) is 2.27. The first-order valence-electron chi connectivity index (χ1n) is 6.19. The fraction of sp³-hybridized carbons (Fsp3) is 0.357. The normalized spacial score (nSPS) is 17.4. The monoisotopic (exact) mass is 324 g/mol. The van der Waals surface area contributed by atoms with Crippen LogP contribution in [0.3, 0.4) is 0 Å². The van der Waals surface area contributed by atoms with Crippen LogP contribution in [0.4, 0.5) is 4.39 Å². The van der Waals surface area contributed by atoms with Gasteiger partial charge in [0.2, 0.25) is 0 Å².